The van der Waals surface area contributed by atoms with Gasteiger partial charge in [0.15, 0.2) is 0 Å². The van der Waals surface area contributed by atoms with Gasteiger partial charge < -0.3 is 0 Å². The van der Waals surface area contributed by atoms with E-state index in [0.717, 1.165) is 0 Å². The molecule has 0 saturated carbocycles. The molecule has 0 fully saturated rings. The SMILES string of the molecule is C[O][Sn]([c]1cc2ccccc2cn1)[C](C)(C)C. The minimum absolute atomic E-state index is 0.243. The number of fused-ring (bicyclic) bond motifs is 1. The second kappa shape index (κ2) is 4.94. The normalized spacial score (nSPS) is 12.3. The van der Waals surface area contributed by atoms with Gasteiger partial charge in [-0.05, 0) is 0 Å². The first-order chi connectivity index (χ1) is 8.02. The molecular weight excluding hydrogens is 317 g/mol. The van der Waals surface area contributed by atoms with E-state index < -0.39 is 20.2 Å². The molecule has 0 saturated heterocycles. The summed E-state index contributed by atoms with van der Waals surface area (Å²) < 4.78 is 7.22. The Bertz CT molecular complexity index is 519. The van der Waals surface area contributed by atoms with Crippen LogP contribution in [0.3, 0.4) is 0 Å². The van der Waals surface area contributed by atoms with Gasteiger partial charge in [0.1, 0.15) is 0 Å². The Kier molecular flexibility index (Phi) is 3.73. The fourth-order valence-corrected chi connectivity index (χ4v) is 7.88. The van der Waals surface area contributed by atoms with Crippen molar-refractivity contribution in [2.75, 3.05) is 7.11 Å². The van der Waals surface area contributed by atoms with Gasteiger partial charge in [0.2, 0.25) is 0 Å². The first kappa shape index (κ1) is 12.8. The molecule has 2 nitrogen and oxygen atoms in total. The van der Waals surface area contributed by atoms with Crippen LogP contribution in [0.25, 0.3) is 10.8 Å². The second-order valence-electron chi connectivity index (χ2n) is 5.20. The first-order valence-corrected chi connectivity index (χ1v) is 9.81. The molecule has 2 aromatic rings. The van der Waals surface area contributed by atoms with Crippen LogP contribution in [-0.2, 0) is 3.07 Å². The summed E-state index contributed by atoms with van der Waals surface area (Å²) in [5, 5.41) is 2.46. The number of nitrogens with zero attached hydrogens (tertiary/aromatic N) is 1. The molecule has 0 aliphatic rings. The molecule has 1 heterocycles. The zero-order chi connectivity index (χ0) is 12.5. The number of benzene rings is 1. The molecule has 0 bridgehead atoms. The van der Waals surface area contributed by atoms with E-state index in [1.54, 1.807) is 0 Å². The van der Waals surface area contributed by atoms with Gasteiger partial charge in [-0.1, -0.05) is 0 Å². The summed E-state index contributed by atoms with van der Waals surface area (Å²) >= 11 is -2.10. The van der Waals surface area contributed by atoms with Crippen LogP contribution in [0.1, 0.15) is 20.8 Å². The quantitative estimate of drug-likeness (QED) is 0.788. The number of rotatable bonds is 2. The zero-order valence-corrected chi connectivity index (χ0v) is 13.7. The van der Waals surface area contributed by atoms with Crippen molar-refractivity contribution in [2.45, 2.75) is 24.2 Å². The molecule has 1 aromatic heterocycles. The van der Waals surface area contributed by atoms with E-state index in [1.165, 1.54) is 14.5 Å². The van der Waals surface area contributed by atoms with Crippen LogP contribution in [0.4, 0.5) is 0 Å². The maximum absolute atomic E-state index is 5.78. The standard InChI is InChI=1S/C9H6N.C4H9.CH3O.Sn/c1-2-4-9-7-10-6-5-8(9)3-1;1-4(2)3;1-2;/h1-5,7H;1-3H3;1H3;/q;;-1;+1. The Hall–Kier alpha value is -0.611. The van der Waals surface area contributed by atoms with Crippen LogP contribution in [0, 0.1) is 0 Å². The molecule has 0 atom stereocenters. The van der Waals surface area contributed by atoms with Crippen molar-refractivity contribution in [1.29, 1.82) is 0 Å². The van der Waals surface area contributed by atoms with E-state index in [9.17, 15) is 0 Å². The van der Waals surface area contributed by atoms with Gasteiger partial charge in [-0.15, -0.1) is 0 Å². The van der Waals surface area contributed by atoms with Crippen molar-refractivity contribution in [3.63, 3.8) is 0 Å². The number of hydrogen-bond donors (Lipinski definition) is 0. The third-order valence-electron chi connectivity index (χ3n) is 2.75. The predicted octanol–water partition coefficient (Wildman–Crippen LogP) is 2.88. The van der Waals surface area contributed by atoms with E-state index in [0.29, 0.717) is 0 Å². The Balaban J connectivity index is 2.48. The van der Waals surface area contributed by atoms with E-state index in [-0.39, 0.29) is 3.43 Å². The van der Waals surface area contributed by atoms with E-state index in [2.05, 4.69) is 50.0 Å². The van der Waals surface area contributed by atoms with Crippen LogP contribution in [0.2, 0.25) is 3.43 Å². The van der Waals surface area contributed by atoms with Crippen molar-refractivity contribution in [3.05, 3.63) is 36.5 Å². The summed E-state index contributed by atoms with van der Waals surface area (Å²) in [7, 11) is 1.83. The summed E-state index contributed by atoms with van der Waals surface area (Å²) in [5.74, 6) is 0. The van der Waals surface area contributed by atoms with Gasteiger partial charge in [0.25, 0.3) is 0 Å². The zero-order valence-electron chi connectivity index (χ0n) is 10.8. The van der Waals surface area contributed by atoms with Crippen LogP contribution in [-0.4, -0.2) is 32.3 Å². The van der Waals surface area contributed by atoms with E-state index in [1.807, 2.05) is 19.4 Å². The molecule has 17 heavy (non-hydrogen) atoms. The van der Waals surface area contributed by atoms with Crippen LogP contribution in [0.15, 0.2) is 36.5 Å². The molecule has 0 spiro atoms. The molecule has 0 aliphatic heterocycles. The van der Waals surface area contributed by atoms with Crippen molar-refractivity contribution >= 4 is 34.7 Å². The summed E-state index contributed by atoms with van der Waals surface area (Å²) in [6.45, 7) is 6.76. The Morgan fingerprint density at radius 2 is 1.76 bits per heavy atom. The van der Waals surface area contributed by atoms with Gasteiger partial charge in [-0.3, -0.25) is 0 Å². The van der Waals surface area contributed by atoms with Crippen LogP contribution < -0.4 is 3.71 Å². The van der Waals surface area contributed by atoms with Gasteiger partial charge in [-0.25, -0.2) is 0 Å². The van der Waals surface area contributed by atoms with Crippen molar-refractivity contribution < 1.29 is 3.07 Å². The first-order valence-electron chi connectivity index (χ1n) is 5.79. The molecule has 3 heteroatoms. The Morgan fingerprint density at radius 3 is 2.35 bits per heavy atom. The van der Waals surface area contributed by atoms with Crippen molar-refractivity contribution in [2.24, 2.45) is 0 Å². The molecule has 1 radical (unpaired) electrons. The Morgan fingerprint density at radius 1 is 1.12 bits per heavy atom. The topological polar surface area (TPSA) is 22.1 Å². The molecule has 0 amide bonds. The van der Waals surface area contributed by atoms with Gasteiger partial charge in [0.05, 0.1) is 0 Å². The monoisotopic (exact) mass is 336 g/mol. The second-order valence-corrected chi connectivity index (χ2v) is 14.0. The predicted molar refractivity (Wildman–Crippen MR) is 73.9 cm³/mol. The summed E-state index contributed by atoms with van der Waals surface area (Å²) in [5.41, 5.74) is 0. The van der Waals surface area contributed by atoms with Gasteiger partial charge in [-0.2, -0.15) is 0 Å². The molecule has 89 valence electrons. The average molecular weight is 335 g/mol. The molecule has 0 unspecified atom stereocenters. The molecule has 0 aliphatic carbocycles. The number of pyridine rings is 1. The number of hydrogen-bond acceptors (Lipinski definition) is 2. The van der Waals surface area contributed by atoms with E-state index >= 15 is 0 Å². The Labute approximate surface area is 110 Å². The van der Waals surface area contributed by atoms with Gasteiger partial charge in [0, 0.05) is 0 Å². The molecular formula is C14H18NOSn. The van der Waals surface area contributed by atoms with Crippen LogP contribution in [0.5, 0.6) is 0 Å². The minimum atomic E-state index is -2.10. The van der Waals surface area contributed by atoms with Gasteiger partial charge >= 0.3 is 111 Å². The van der Waals surface area contributed by atoms with Crippen molar-refractivity contribution in [3.8, 4) is 0 Å². The summed E-state index contributed by atoms with van der Waals surface area (Å²) in [4.78, 5) is 4.61. The summed E-state index contributed by atoms with van der Waals surface area (Å²) in [6.07, 6.45) is 1.97. The van der Waals surface area contributed by atoms with Crippen LogP contribution >= 0.6 is 0 Å². The number of aromatic nitrogens is 1. The van der Waals surface area contributed by atoms with E-state index in [4.69, 9.17) is 3.07 Å². The molecule has 0 N–H and O–H groups in total. The van der Waals surface area contributed by atoms with Crippen molar-refractivity contribution in [1.82, 2.24) is 4.98 Å². The maximum atomic E-state index is 5.78. The third-order valence-corrected chi connectivity index (χ3v) is 9.91. The molecule has 2 rings (SSSR count). The third kappa shape index (κ3) is 2.80. The average Bonchev–Trinajstić information content (AvgIpc) is 2.28. The fourth-order valence-electron chi connectivity index (χ4n) is 2.00. The molecule has 1 aromatic carbocycles. The fraction of sp³-hybridized carbons (Fsp3) is 0.357. The summed E-state index contributed by atoms with van der Waals surface area (Å²) in [6, 6.07) is 10.6.